The van der Waals surface area contributed by atoms with Gasteiger partial charge in [0.2, 0.25) is 5.91 Å². The van der Waals surface area contributed by atoms with Gasteiger partial charge in [0.1, 0.15) is 5.52 Å². The summed E-state index contributed by atoms with van der Waals surface area (Å²) in [6.07, 6.45) is 1.36. The number of pyridine rings is 1. The van der Waals surface area contributed by atoms with E-state index in [0.717, 1.165) is 16.6 Å². The Morgan fingerprint density at radius 2 is 1.94 bits per heavy atom. The van der Waals surface area contributed by atoms with E-state index in [-0.39, 0.29) is 17.5 Å². The molecular formula is C24H25N5O2. The minimum Gasteiger partial charge on any atom is -0.355 e. The number of nitrogens with zero attached hydrogens (tertiary/aromatic N) is 2. The maximum Gasteiger partial charge on any atom is 0.262 e. The van der Waals surface area contributed by atoms with Gasteiger partial charge in [0, 0.05) is 30.7 Å². The molecule has 158 valence electrons. The number of rotatable bonds is 5. The second-order valence-corrected chi connectivity index (χ2v) is 8.10. The number of para-hydroxylation sites is 1. The van der Waals surface area contributed by atoms with Gasteiger partial charge in [-0.1, -0.05) is 42.5 Å². The van der Waals surface area contributed by atoms with Crippen molar-refractivity contribution in [2.75, 3.05) is 6.54 Å². The molecule has 31 heavy (non-hydrogen) atoms. The van der Waals surface area contributed by atoms with Crippen LogP contribution in [0, 0.1) is 6.92 Å². The second kappa shape index (κ2) is 8.00. The number of aryl methyl sites for hydroxylation is 2. The molecule has 0 saturated carbocycles. The number of amides is 1. The lowest BCUT2D eigenvalue weighted by atomic mass is 9.95. The molecule has 1 atom stereocenters. The molecule has 7 nitrogen and oxygen atoms in total. The molecule has 5 rings (SSSR count). The summed E-state index contributed by atoms with van der Waals surface area (Å²) in [5.74, 6) is 0.00726. The highest BCUT2D eigenvalue weighted by molar-refractivity contribution is 6.03. The summed E-state index contributed by atoms with van der Waals surface area (Å²) in [7, 11) is 0. The SMILES string of the molecule is Cc1[nH]nc2c1c(=O)n(CCCNC(=O)C1Cc3ccccc3CN1)c1ccccc21. The number of hydrogen-bond acceptors (Lipinski definition) is 4. The third kappa shape index (κ3) is 3.51. The number of nitrogens with one attached hydrogen (secondary N) is 3. The van der Waals surface area contributed by atoms with Gasteiger partial charge in [-0.2, -0.15) is 5.10 Å². The summed E-state index contributed by atoms with van der Waals surface area (Å²) in [5, 5.41) is 15.2. The Morgan fingerprint density at radius 1 is 1.16 bits per heavy atom. The van der Waals surface area contributed by atoms with Crippen LogP contribution in [-0.2, 0) is 24.3 Å². The Hall–Kier alpha value is -3.45. The van der Waals surface area contributed by atoms with Gasteiger partial charge in [-0.15, -0.1) is 0 Å². The minimum atomic E-state index is -0.219. The predicted octanol–water partition coefficient (Wildman–Crippen LogP) is 2.41. The van der Waals surface area contributed by atoms with E-state index in [4.69, 9.17) is 0 Å². The largest absolute Gasteiger partial charge is 0.355 e. The Kier molecular flexibility index (Phi) is 5.03. The van der Waals surface area contributed by atoms with Crippen LogP contribution < -0.4 is 16.2 Å². The highest BCUT2D eigenvalue weighted by atomic mass is 16.2. The van der Waals surface area contributed by atoms with Crippen molar-refractivity contribution in [1.29, 1.82) is 0 Å². The number of benzene rings is 2. The first-order chi connectivity index (χ1) is 15.1. The van der Waals surface area contributed by atoms with Gasteiger partial charge in [-0.3, -0.25) is 14.7 Å². The summed E-state index contributed by atoms with van der Waals surface area (Å²) in [6.45, 7) is 3.62. The third-order valence-electron chi connectivity index (χ3n) is 6.11. The predicted molar refractivity (Wildman–Crippen MR) is 121 cm³/mol. The molecule has 0 saturated heterocycles. The van der Waals surface area contributed by atoms with E-state index < -0.39 is 0 Å². The second-order valence-electron chi connectivity index (χ2n) is 8.10. The average Bonchev–Trinajstić information content (AvgIpc) is 3.20. The van der Waals surface area contributed by atoms with E-state index >= 15 is 0 Å². The van der Waals surface area contributed by atoms with Gasteiger partial charge >= 0.3 is 0 Å². The van der Waals surface area contributed by atoms with Gasteiger partial charge in [-0.25, -0.2) is 0 Å². The van der Waals surface area contributed by atoms with E-state index in [1.807, 2.05) is 43.3 Å². The fourth-order valence-corrected chi connectivity index (χ4v) is 4.47. The lowest BCUT2D eigenvalue weighted by Crippen LogP contribution is -2.47. The molecule has 0 spiro atoms. The van der Waals surface area contributed by atoms with Crippen molar-refractivity contribution < 1.29 is 4.79 Å². The van der Waals surface area contributed by atoms with E-state index in [1.54, 1.807) is 4.57 Å². The number of carbonyl (C=O) groups is 1. The number of fused-ring (bicyclic) bond motifs is 4. The molecule has 3 N–H and O–H groups in total. The highest BCUT2D eigenvalue weighted by Crippen LogP contribution is 2.22. The number of carbonyl (C=O) groups excluding carboxylic acids is 1. The van der Waals surface area contributed by atoms with E-state index in [1.165, 1.54) is 11.1 Å². The minimum absolute atomic E-state index is 0.00726. The Balaban J connectivity index is 1.28. The van der Waals surface area contributed by atoms with Crippen molar-refractivity contribution in [3.63, 3.8) is 0 Å². The Morgan fingerprint density at radius 3 is 2.81 bits per heavy atom. The Bertz CT molecular complexity index is 1340. The first-order valence-electron chi connectivity index (χ1n) is 10.7. The van der Waals surface area contributed by atoms with Crippen molar-refractivity contribution in [3.8, 4) is 0 Å². The van der Waals surface area contributed by atoms with Crippen LogP contribution in [0.5, 0.6) is 0 Å². The molecule has 1 amide bonds. The van der Waals surface area contributed by atoms with Crippen molar-refractivity contribution in [2.45, 2.75) is 38.9 Å². The van der Waals surface area contributed by atoms with E-state index in [0.29, 0.717) is 43.4 Å². The maximum atomic E-state index is 13.1. The monoisotopic (exact) mass is 415 g/mol. The molecule has 0 aliphatic carbocycles. The van der Waals surface area contributed by atoms with Crippen molar-refractivity contribution in [2.24, 2.45) is 0 Å². The molecule has 2 aromatic heterocycles. The van der Waals surface area contributed by atoms with Crippen molar-refractivity contribution in [3.05, 3.63) is 75.7 Å². The van der Waals surface area contributed by atoms with Crippen LogP contribution in [0.4, 0.5) is 0 Å². The lowest BCUT2D eigenvalue weighted by Gasteiger charge is -2.25. The van der Waals surface area contributed by atoms with Crippen LogP contribution >= 0.6 is 0 Å². The fourth-order valence-electron chi connectivity index (χ4n) is 4.47. The number of aromatic nitrogens is 3. The first-order valence-corrected chi connectivity index (χ1v) is 10.7. The molecule has 0 bridgehead atoms. The molecule has 0 fully saturated rings. The van der Waals surface area contributed by atoms with Gasteiger partial charge in [0.05, 0.1) is 16.9 Å². The molecule has 3 heterocycles. The molecule has 1 unspecified atom stereocenters. The van der Waals surface area contributed by atoms with Crippen LogP contribution in [0.2, 0.25) is 0 Å². The molecular weight excluding hydrogens is 390 g/mol. The van der Waals surface area contributed by atoms with Crippen LogP contribution in [-0.4, -0.2) is 33.3 Å². The lowest BCUT2D eigenvalue weighted by molar-refractivity contribution is -0.123. The highest BCUT2D eigenvalue weighted by Gasteiger charge is 2.23. The zero-order chi connectivity index (χ0) is 21.4. The first kappa shape index (κ1) is 19.5. The van der Waals surface area contributed by atoms with Crippen molar-refractivity contribution in [1.82, 2.24) is 25.4 Å². The van der Waals surface area contributed by atoms with Gasteiger partial charge in [0.25, 0.3) is 5.56 Å². The number of hydrogen-bond donors (Lipinski definition) is 3. The molecule has 4 aromatic rings. The maximum absolute atomic E-state index is 13.1. The molecule has 1 aliphatic heterocycles. The normalized spacial score (nSPS) is 15.8. The van der Waals surface area contributed by atoms with Crippen LogP contribution in [0.1, 0.15) is 23.2 Å². The zero-order valence-electron chi connectivity index (χ0n) is 17.4. The van der Waals surface area contributed by atoms with Crippen LogP contribution in [0.15, 0.2) is 53.3 Å². The number of aromatic amines is 1. The summed E-state index contributed by atoms with van der Waals surface area (Å²) >= 11 is 0. The summed E-state index contributed by atoms with van der Waals surface area (Å²) in [4.78, 5) is 25.8. The number of H-pyrrole nitrogens is 1. The quantitative estimate of drug-likeness (QED) is 0.437. The molecule has 0 radical (unpaired) electrons. The summed E-state index contributed by atoms with van der Waals surface area (Å²) in [5.41, 5.74) is 4.79. The molecule has 7 heteroatoms. The molecule has 1 aliphatic rings. The van der Waals surface area contributed by atoms with Gasteiger partial charge < -0.3 is 15.2 Å². The van der Waals surface area contributed by atoms with Gasteiger partial charge in [-0.05, 0) is 37.0 Å². The topological polar surface area (TPSA) is 91.8 Å². The fraction of sp³-hybridized carbons (Fsp3) is 0.292. The summed E-state index contributed by atoms with van der Waals surface area (Å²) < 4.78 is 1.79. The molecule has 2 aromatic carbocycles. The van der Waals surface area contributed by atoms with E-state index in [2.05, 4.69) is 33.0 Å². The smallest absolute Gasteiger partial charge is 0.262 e. The van der Waals surface area contributed by atoms with Crippen LogP contribution in [0.25, 0.3) is 21.8 Å². The van der Waals surface area contributed by atoms with E-state index in [9.17, 15) is 9.59 Å². The third-order valence-corrected chi connectivity index (χ3v) is 6.11. The Labute approximate surface area is 179 Å². The van der Waals surface area contributed by atoms with Crippen molar-refractivity contribution >= 4 is 27.7 Å². The zero-order valence-corrected chi connectivity index (χ0v) is 17.4. The summed E-state index contributed by atoms with van der Waals surface area (Å²) in [6, 6.07) is 15.8. The van der Waals surface area contributed by atoms with Crippen LogP contribution in [0.3, 0.4) is 0 Å². The van der Waals surface area contributed by atoms with Gasteiger partial charge in [0.15, 0.2) is 0 Å². The standard InChI is InChI=1S/C24H25N5O2/c1-15-21-22(28-27-15)18-9-4-5-10-20(18)29(24(21)31)12-6-11-25-23(30)19-13-16-7-2-3-8-17(16)14-26-19/h2-5,7-10,19,26H,6,11-14H2,1H3,(H,25,30)(H,27,28). The average molecular weight is 415 g/mol.